The molecule has 0 aliphatic carbocycles. The van der Waals surface area contributed by atoms with Gasteiger partial charge in [-0.2, -0.15) is 0 Å². The van der Waals surface area contributed by atoms with Gasteiger partial charge in [0.15, 0.2) is 5.82 Å². The average Bonchev–Trinajstić information content (AvgIpc) is 2.99. The third kappa shape index (κ3) is 4.43. The molecular weight excluding hydrogens is 373 g/mol. The van der Waals surface area contributed by atoms with Gasteiger partial charge in [0.25, 0.3) is 0 Å². The minimum Gasteiger partial charge on any atom is -0.459 e. The number of carbonyl (C=O) groups excluding carboxylic acids is 1. The Bertz CT molecular complexity index is 943. The second-order valence-corrected chi connectivity index (χ2v) is 6.50. The minimum atomic E-state index is -0.477. The molecule has 1 aromatic carbocycles. The molecule has 8 heteroatoms. The molecule has 1 unspecified atom stereocenters. The van der Waals surface area contributed by atoms with Crippen molar-refractivity contribution in [2.75, 3.05) is 13.7 Å². The number of benzene rings is 1. The summed E-state index contributed by atoms with van der Waals surface area (Å²) >= 11 is 5.93. The van der Waals surface area contributed by atoms with Crippen molar-refractivity contribution in [2.24, 2.45) is 0 Å². The van der Waals surface area contributed by atoms with Crippen LogP contribution >= 0.6 is 11.6 Å². The number of fused-ring (bicyclic) bond motifs is 1. The van der Waals surface area contributed by atoms with E-state index in [0.717, 1.165) is 5.56 Å². The summed E-state index contributed by atoms with van der Waals surface area (Å²) in [4.78, 5) is 20.0. The van der Waals surface area contributed by atoms with Crippen LogP contribution in [0.25, 0.3) is 11.0 Å². The Labute approximate surface area is 160 Å². The van der Waals surface area contributed by atoms with E-state index in [1.54, 1.807) is 16.7 Å². The first-order chi connectivity index (χ1) is 13.0. The molecule has 0 fully saturated rings. The Kier molecular flexibility index (Phi) is 6.03. The third-order valence-corrected chi connectivity index (χ3v) is 4.56. The number of halogens is 2. The number of aryl methyl sites for hydroxylation is 2. The fraction of sp³-hybridized carbons (Fsp3) is 0.316. The first-order valence-electron chi connectivity index (χ1n) is 8.41. The van der Waals surface area contributed by atoms with Crippen LogP contribution in [0.4, 0.5) is 4.39 Å². The Morgan fingerprint density at radius 1 is 1.30 bits per heavy atom. The molecule has 142 valence electrons. The maximum absolute atomic E-state index is 14.1. The first kappa shape index (κ1) is 19.3. The van der Waals surface area contributed by atoms with Crippen LogP contribution in [-0.4, -0.2) is 40.3 Å². The number of esters is 1. The Morgan fingerprint density at radius 2 is 2.04 bits per heavy atom. The molecule has 0 saturated heterocycles. The molecule has 0 bridgehead atoms. The van der Waals surface area contributed by atoms with Crippen molar-refractivity contribution in [3.05, 3.63) is 58.9 Å². The van der Waals surface area contributed by atoms with Gasteiger partial charge in [-0.1, -0.05) is 29.3 Å². The highest BCUT2D eigenvalue weighted by Gasteiger charge is 2.17. The fourth-order valence-corrected chi connectivity index (χ4v) is 2.92. The molecule has 6 nitrogen and oxygen atoms in total. The van der Waals surface area contributed by atoms with E-state index < -0.39 is 11.8 Å². The second-order valence-electron chi connectivity index (χ2n) is 6.14. The van der Waals surface area contributed by atoms with E-state index in [1.807, 2.05) is 19.1 Å². The predicted molar refractivity (Wildman–Crippen MR) is 99.4 cm³/mol. The zero-order valence-corrected chi connectivity index (χ0v) is 15.7. The van der Waals surface area contributed by atoms with Crippen molar-refractivity contribution in [3.8, 4) is 0 Å². The molecule has 0 amide bonds. The second kappa shape index (κ2) is 8.45. The van der Waals surface area contributed by atoms with E-state index in [4.69, 9.17) is 21.1 Å². The summed E-state index contributed by atoms with van der Waals surface area (Å²) in [6.45, 7) is 2.47. The lowest BCUT2D eigenvalue weighted by atomic mass is 10.1. The predicted octanol–water partition coefficient (Wildman–Crippen LogP) is 3.79. The van der Waals surface area contributed by atoms with Gasteiger partial charge in [0.1, 0.15) is 23.7 Å². The van der Waals surface area contributed by atoms with E-state index >= 15 is 0 Å². The molecule has 3 rings (SSSR count). The Morgan fingerprint density at radius 3 is 2.74 bits per heavy atom. The molecule has 0 aliphatic rings. The van der Waals surface area contributed by atoms with Crippen LogP contribution < -0.4 is 0 Å². The van der Waals surface area contributed by atoms with E-state index in [1.165, 1.54) is 19.6 Å². The summed E-state index contributed by atoms with van der Waals surface area (Å²) < 4.78 is 26.4. The van der Waals surface area contributed by atoms with Crippen LogP contribution in [0.15, 0.2) is 36.8 Å². The van der Waals surface area contributed by atoms with Gasteiger partial charge in [0, 0.05) is 19.9 Å². The lowest BCUT2D eigenvalue weighted by Crippen LogP contribution is -2.22. The van der Waals surface area contributed by atoms with Gasteiger partial charge in [-0.05, 0) is 25.5 Å². The summed E-state index contributed by atoms with van der Waals surface area (Å²) in [5.74, 6) is -0.885. The maximum atomic E-state index is 14.1. The molecule has 0 radical (unpaired) electrons. The van der Waals surface area contributed by atoms with Gasteiger partial charge in [0.05, 0.1) is 17.1 Å². The standard InChI is InChI=1S/C19H19ClFN3O3/c1-12-3-5-13(6-4-12)19(25)27-10-14(26-2)7-8-24-9-15(21)16-17(20)22-11-23-18(16)24/h3-6,9,11,14H,7-8,10H2,1-2H3. The van der Waals surface area contributed by atoms with Crippen molar-refractivity contribution < 1.29 is 18.7 Å². The van der Waals surface area contributed by atoms with Crippen LogP contribution in [0.5, 0.6) is 0 Å². The van der Waals surface area contributed by atoms with Gasteiger partial charge in [-0.3, -0.25) is 0 Å². The van der Waals surface area contributed by atoms with Crippen molar-refractivity contribution in [1.82, 2.24) is 14.5 Å². The lowest BCUT2D eigenvalue weighted by Gasteiger charge is -2.16. The van der Waals surface area contributed by atoms with E-state index in [9.17, 15) is 9.18 Å². The lowest BCUT2D eigenvalue weighted by molar-refractivity contribution is 0.00671. The molecule has 1 atom stereocenters. The van der Waals surface area contributed by atoms with Crippen LogP contribution in [0, 0.1) is 12.7 Å². The zero-order chi connectivity index (χ0) is 19.4. The molecule has 0 N–H and O–H groups in total. The van der Waals surface area contributed by atoms with Crippen molar-refractivity contribution >= 4 is 28.6 Å². The number of rotatable bonds is 7. The molecule has 2 aromatic heterocycles. The number of hydrogen-bond acceptors (Lipinski definition) is 5. The Balaban J connectivity index is 1.60. The number of methoxy groups -OCH3 is 1. The molecule has 0 aliphatic heterocycles. The quantitative estimate of drug-likeness (QED) is 0.453. The largest absolute Gasteiger partial charge is 0.459 e. The van der Waals surface area contributed by atoms with E-state index in [-0.39, 0.29) is 23.3 Å². The van der Waals surface area contributed by atoms with E-state index in [2.05, 4.69) is 9.97 Å². The van der Waals surface area contributed by atoms with Crippen LogP contribution in [0.2, 0.25) is 5.15 Å². The van der Waals surface area contributed by atoms with Gasteiger partial charge in [-0.15, -0.1) is 0 Å². The molecule has 3 aromatic rings. The minimum absolute atomic E-state index is 0.0755. The molecule has 27 heavy (non-hydrogen) atoms. The topological polar surface area (TPSA) is 66.2 Å². The summed E-state index contributed by atoms with van der Waals surface area (Å²) in [5, 5.41) is 0.269. The molecule has 2 heterocycles. The summed E-state index contributed by atoms with van der Waals surface area (Å²) in [6, 6.07) is 7.14. The number of ether oxygens (including phenoxy) is 2. The molecule has 0 spiro atoms. The monoisotopic (exact) mass is 391 g/mol. The van der Waals surface area contributed by atoms with Crippen LogP contribution in [0.3, 0.4) is 0 Å². The maximum Gasteiger partial charge on any atom is 0.338 e. The molecular formula is C19H19ClFN3O3. The van der Waals surface area contributed by atoms with Crippen molar-refractivity contribution in [3.63, 3.8) is 0 Å². The SMILES string of the molecule is COC(CCn1cc(F)c2c(Cl)ncnc21)COC(=O)c1ccc(C)cc1. The summed E-state index contributed by atoms with van der Waals surface area (Å²) in [7, 11) is 1.54. The summed E-state index contributed by atoms with van der Waals surface area (Å²) in [6.07, 6.45) is 2.79. The zero-order valence-electron chi connectivity index (χ0n) is 15.0. The third-order valence-electron chi connectivity index (χ3n) is 4.27. The van der Waals surface area contributed by atoms with Crippen molar-refractivity contribution in [1.29, 1.82) is 0 Å². The smallest absolute Gasteiger partial charge is 0.338 e. The first-order valence-corrected chi connectivity index (χ1v) is 8.78. The van der Waals surface area contributed by atoms with Gasteiger partial charge >= 0.3 is 5.97 Å². The highest BCUT2D eigenvalue weighted by Crippen LogP contribution is 2.24. The average molecular weight is 392 g/mol. The number of aromatic nitrogens is 3. The highest BCUT2D eigenvalue weighted by atomic mass is 35.5. The van der Waals surface area contributed by atoms with E-state index in [0.29, 0.717) is 24.2 Å². The van der Waals surface area contributed by atoms with Gasteiger partial charge in [-0.25, -0.2) is 19.2 Å². The van der Waals surface area contributed by atoms with Gasteiger partial charge < -0.3 is 14.0 Å². The number of nitrogens with zero attached hydrogens (tertiary/aromatic N) is 3. The number of hydrogen-bond donors (Lipinski definition) is 0. The summed E-state index contributed by atoms with van der Waals surface area (Å²) in [5.41, 5.74) is 1.97. The van der Waals surface area contributed by atoms with Crippen LogP contribution in [-0.2, 0) is 16.0 Å². The Hall–Kier alpha value is -2.51. The van der Waals surface area contributed by atoms with Gasteiger partial charge in [0.2, 0.25) is 0 Å². The van der Waals surface area contributed by atoms with Crippen LogP contribution in [0.1, 0.15) is 22.3 Å². The number of carbonyl (C=O) groups is 1. The fourth-order valence-electron chi connectivity index (χ4n) is 2.71. The highest BCUT2D eigenvalue weighted by molar-refractivity contribution is 6.33. The normalized spacial score (nSPS) is 12.3. The molecule has 0 saturated carbocycles. The van der Waals surface area contributed by atoms with Crippen molar-refractivity contribution in [2.45, 2.75) is 26.0 Å².